The number of nitrogens with one attached hydrogen (secondary N) is 2. The number of alkyl halides is 3. The van der Waals surface area contributed by atoms with Crippen LogP contribution in [0.1, 0.15) is 20.8 Å². The molecule has 5 nitrogen and oxygen atoms in total. The third kappa shape index (κ3) is 7.53. The highest BCUT2D eigenvalue weighted by Crippen LogP contribution is 2.17. The van der Waals surface area contributed by atoms with Gasteiger partial charge >= 0.3 is 12.3 Å². The van der Waals surface area contributed by atoms with Crippen LogP contribution in [0.15, 0.2) is 11.8 Å². The van der Waals surface area contributed by atoms with Crippen LogP contribution in [0.2, 0.25) is 0 Å². The summed E-state index contributed by atoms with van der Waals surface area (Å²) < 4.78 is 40.8. The molecule has 0 aliphatic carbocycles. The van der Waals surface area contributed by atoms with Crippen LogP contribution in [0, 0.1) is 5.41 Å². The molecule has 0 aromatic heterocycles. The van der Waals surface area contributed by atoms with E-state index in [4.69, 9.17) is 15.9 Å². The van der Waals surface area contributed by atoms with Crippen LogP contribution in [0.5, 0.6) is 0 Å². The van der Waals surface area contributed by atoms with E-state index in [-0.39, 0.29) is 12.2 Å². The van der Waals surface area contributed by atoms with Crippen molar-refractivity contribution in [2.75, 3.05) is 6.54 Å². The van der Waals surface area contributed by atoms with Crippen molar-refractivity contribution in [2.24, 2.45) is 5.73 Å². The van der Waals surface area contributed by atoms with Crippen LogP contribution in [0.25, 0.3) is 0 Å². The smallest absolute Gasteiger partial charge is 0.432 e. The Balaban J connectivity index is 4.27. The van der Waals surface area contributed by atoms with Gasteiger partial charge in [0.1, 0.15) is 11.3 Å². The van der Waals surface area contributed by atoms with Gasteiger partial charge in [-0.15, -0.1) is 0 Å². The lowest BCUT2D eigenvalue weighted by Gasteiger charge is -2.19. The number of rotatable bonds is 3. The number of carbonyl (C=O) groups excluding carboxylic acids is 1. The summed E-state index contributed by atoms with van der Waals surface area (Å²) in [6.07, 6.45) is -5.11. The Hall–Kier alpha value is -1.73. The maximum absolute atomic E-state index is 12.0. The number of allylic oxidation sites excluding steroid dienone is 1. The number of amides is 1. The van der Waals surface area contributed by atoms with Crippen LogP contribution in [0.4, 0.5) is 18.0 Å². The van der Waals surface area contributed by atoms with E-state index in [1.54, 1.807) is 20.8 Å². The van der Waals surface area contributed by atoms with Crippen molar-refractivity contribution in [1.82, 2.24) is 5.32 Å². The van der Waals surface area contributed by atoms with Gasteiger partial charge in [0.15, 0.2) is 0 Å². The molecular formula is C10H16F3N3O2. The van der Waals surface area contributed by atoms with Gasteiger partial charge in [-0.25, -0.2) is 4.79 Å². The van der Waals surface area contributed by atoms with Gasteiger partial charge in [0.05, 0.1) is 6.54 Å². The molecule has 0 bridgehead atoms. The van der Waals surface area contributed by atoms with Gasteiger partial charge in [0.2, 0.25) is 0 Å². The SMILES string of the molecule is CC(C)(C)OC(=O)NC/C(N)=C/C(=N)C(F)(F)F. The number of ether oxygens (including phenoxy) is 1. The minimum atomic E-state index is -4.75. The maximum Gasteiger partial charge on any atom is 0.432 e. The van der Waals surface area contributed by atoms with Gasteiger partial charge in [-0.2, -0.15) is 13.2 Å². The number of halogens is 3. The van der Waals surface area contributed by atoms with Crippen LogP contribution in [0.3, 0.4) is 0 Å². The molecule has 0 aliphatic heterocycles. The zero-order valence-corrected chi connectivity index (χ0v) is 10.3. The lowest BCUT2D eigenvalue weighted by molar-refractivity contribution is -0.0584. The van der Waals surface area contributed by atoms with Gasteiger partial charge in [-0.3, -0.25) is 5.41 Å². The highest BCUT2D eigenvalue weighted by molar-refractivity contribution is 5.97. The highest BCUT2D eigenvalue weighted by Gasteiger charge is 2.32. The molecule has 8 heteroatoms. The summed E-state index contributed by atoms with van der Waals surface area (Å²) >= 11 is 0. The summed E-state index contributed by atoms with van der Waals surface area (Å²) in [5.41, 5.74) is 2.66. The standard InChI is InChI=1S/C10H16F3N3O2/c1-9(2,3)18-8(17)16-5-6(14)4-7(15)10(11,12)13/h4,15H,5,14H2,1-3H3,(H,16,17)/b6-4-,15-7?. The van der Waals surface area contributed by atoms with Crippen molar-refractivity contribution in [2.45, 2.75) is 32.5 Å². The fraction of sp³-hybridized carbons (Fsp3) is 0.600. The average molecular weight is 267 g/mol. The van der Waals surface area contributed by atoms with E-state index in [2.05, 4.69) is 5.32 Å². The molecule has 18 heavy (non-hydrogen) atoms. The lowest BCUT2D eigenvalue weighted by Crippen LogP contribution is -2.35. The van der Waals surface area contributed by atoms with Crippen LogP contribution in [-0.4, -0.2) is 30.1 Å². The molecule has 0 fully saturated rings. The molecule has 0 rings (SSSR count). The van der Waals surface area contributed by atoms with E-state index in [9.17, 15) is 18.0 Å². The maximum atomic E-state index is 12.0. The van der Waals surface area contributed by atoms with Crippen molar-refractivity contribution in [3.8, 4) is 0 Å². The molecular weight excluding hydrogens is 251 g/mol. The Bertz CT molecular complexity index is 356. The van der Waals surface area contributed by atoms with Gasteiger partial charge in [-0.05, 0) is 26.8 Å². The zero-order valence-electron chi connectivity index (χ0n) is 10.3. The molecule has 0 spiro atoms. The van der Waals surface area contributed by atoms with E-state index in [1.165, 1.54) is 0 Å². The van der Waals surface area contributed by atoms with E-state index in [0.29, 0.717) is 6.08 Å². The Kier molecular flexibility index (Phi) is 5.19. The first-order valence-corrected chi connectivity index (χ1v) is 5.00. The first-order valence-electron chi connectivity index (χ1n) is 5.00. The minimum absolute atomic E-state index is 0.289. The summed E-state index contributed by atoms with van der Waals surface area (Å²) in [4.78, 5) is 11.2. The van der Waals surface area contributed by atoms with Crippen molar-refractivity contribution in [3.63, 3.8) is 0 Å². The molecule has 0 aliphatic rings. The summed E-state index contributed by atoms with van der Waals surface area (Å²) in [5.74, 6) is 0. The second kappa shape index (κ2) is 5.74. The Morgan fingerprint density at radius 3 is 2.28 bits per heavy atom. The van der Waals surface area contributed by atoms with Gasteiger partial charge in [-0.1, -0.05) is 0 Å². The van der Waals surface area contributed by atoms with Crippen molar-refractivity contribution in [3.05, 3.63) is 11.8 Å². The predicted molar refractivity (Wildman–Crippen MR) is 60.3 cm³/mol. The summed E-state index contributed by atoms with van der Waals surface area (Å²) in [6, 6.07) is 0. The van der Waals surface area contributed by atoms with Crippen molar-refractivity contribution in [1.29, 1.82) is 5.41 Å². The first-order chi connectivity index (χ1) is 7.92. The molecule has 0 aromatic rings. The molecule has 0 unspecified atom stereocenters. The Morgan fingerprint density at radius 2 is 1.89 bits per heavy atom. The van der Waals surface area contributed by atoms with Crippen LogP contribution >= 0.6 is 0 Å². The molecule has 0 heterocycles. The normalized spacial score (nSPS) is 13.1. The first kappa shape index (κ1) is 16.3. The average Bonchev–Trinajstić information content (AvgIpc) is 2.10. The highest BCUT2D eigenvalue weighted by atomic mass is 19.4. The fourth-order valence-corrected chi connectivity index (χ4v) is 0.807. The number of hydrogen-bond donors (Lipinski definition) is 3. The van der Waals surface area contributed by atoms with E-state index >= 15 is 0 Å². The van der Waals surface area contributed by atoms with Crippen molar-refractivity contribution >= 4 is 11.8 Å². The number of nitrogens with two attached hydrogens (primary N) is 1. The summed E-state index contributed by atoms with van der Waals surface area (Å²) in [7, 11) is 0. The van der Waals surface area contributed by atoms with E-state index in [0.717, 1.165) is 0 Å². The zero-order chi connectivity index (χ0) is 14.6. The van der Waals surface area contributed by atoms with Crippen LogP contribution < -0.4 is 11.1 Å². The van der Waals surface area contributed by atoms with Gasteiger partial charge in [0.25, 0.3) is 0 Å². The molecule has 104 valence electrons. The Labute approximate surface area is 103 Å². The van der Waals surface area contributed by atoms with Gasteiger partial charge in [0, 0.05) is 5.70 Å². The van der Waals surface area contributed by atoms with E-state index < -0.39 is 23.6 Å². The monoisotopic (exact) mass is 267 g/mol. The molecule has 0 saturated carbocycles. The number of alkyl carbamates (subject to hydrolysis) is 1. The molecule has 0 aromatic carbocycles. The second-order valence-electron chi connectivity index (χ2n) is 4.49. The molecule has 1 amide bonds. The topological polar surface area (TPSA) is 88.2 Å². The summed E-state index contributed by atoms with van der Waals surface area (Å²) in [6.45, 7) is 4.61. The second-order valence-corrected chi connectivity index (χ2v) is 4.49. The number of hydrogen-bond acceptors (Lipinski definition) is 4. The predicted octanol–water partition coefficient (Wildman–Crippen LogP) is 1.94. The quantitative estimate of drug-likeness (QED) is 0.683. The third-order valence-corrected chi connectivity index (χ3v) is 1.47. The van der Waals surface area contributed by atoms with Gasteiger partial charge < -0.3 is 15.8 Å². The Morgan fingerprint density at radius 1 is 1.39 bits per heavy atom. The molecule has 0 radical (unpaired) electrons. The van der Waals surface area contributed by atoms with E-state index in [1.807, 2.05) is 0 Å². The van der Waals surface area contributed by atoms with Crippen molar-refractivity contribution < 1.29 is 22.7 Å². The lowest BCUT2D eigenvalue weighted by atomic mass is 10.2. The molecule has 0 saturated heterocycles. The van der Waals surface area contributed by atoms with Crippen LogP contribution in [-0.2, 0) is 4.74 Å². The third-order valence-electron chi connectivity index (χ3n) is 1.47. The largest absolute Gasteiger partial charge is 0.444 e. The fourth-order valence-electron chi connectivity index (χ4n) is 0.807. The summed E-state index contributed by atoms with van der Waals surface area (Å²) in [5, 5.41) is 8.85. The molecule has 4 N–H and O–H groups in total. The number of carbonyl (C=O) groups is 1. The molecule has 0 atom stereocenters. The minimum Gasteiger partial charge on any atom is -0.444 e.